The lowest BCUT2D eigenvalue weighted by Crippen LogP contribution is -2.58. The average Bonchev–Trinajstić information content (AvgIpc) is 2.44. The lowest BCUT2D eigenvalue weighted by molar-refractivity contribution is -0.0929. The molecule has 1 aromatic carbocycles. The first-order valence-corrected chi connectivity index (χ1v) is 7.92. The maximum Gasteiger partial charge on any atom is 0.0649 e. The van der Waals surface area contributed by atoms with E-state index in [0.717, 1.165) is 17.8 Å². The summed E-state index contributed by atoms with van der Waals surface area (Å²) in [7, 11) is 0. The topological polar surface area (TPSA) is 32.7 Å². The zero-order valence-electron chi connectivity index (χ0n) is 11.9. The quantitative estimate of drug-likeness (QED) is 0.608. The SMILES string of the molecule is O=NN(Cc1ccccc1)C12CC3CC(CC(C3)C1)C2. The third-order valence-corrected chi connectivity index (χ3v) is 5.83. The normalized spacial score (nSPS) is 37.9. The highest BCUT2D eigenvalue weighted by Gasteiger charge is 2.54. The molecule has 5 rings (SSSR count). The maximum atomic E-state index is 11.5. The van der Waals surface area contributed by atoms with Crippen LogP contribution in [-0.4, -0.2) is 10.5 Å². The van der Waals surface area contributed by atoms with Gasteiger partial charge in [0.25, 0.3) is 0 Å². The predicted molar refractivity (Wildman–Crippen MR) is 78.7 cm³/mol. The van der Waals surface area contributed by atoms with Crippen molar-refractivity contribution in [2.75, 3.05) is 0 Å². The molecule has 0 atom stereocenters. The second-order valence-electron chi connectivity index (χ2n) is 7.27. The standard InChI is InChI=1S/C17H22N2O/c20-18-19(12-13-4-2-1-3-5-13)17-9-14-6-15(10-17)8-16(7-14)11-17/h1-5,14-16H,6-12H2. The predicted octanol–water partition coefficient (Wildman–Crippen LogP) is 4.14. The molecule has 4 aliphatic rings. The molecule has 0 amide bonds. The summed E-state index contributed by atoms with van der Waals surface area (Å²) >= 11 is 0. The van der Waals surface area contributed by atoms with E-state index in [4.69, 9.17) is 0 Å². The van der Waals surface area contributed by atoms with Crippen LogP contribution in [0, 0.1) is 22.7 Å². The number of rotatable bonds is 4. The molecule has 4 aliphatic carbocycles. The van der Waals surface area contributed by atoms with Gasteiger partial charge in [-0.2, -0.15) is 0 Å². The van der Waals surface area contributed by atoms with Crippen molar-refractivity contribution in [1.82, 2.24) is 5.01 Å². The lowest BCUT2D eigenvalue weighted by Gasteiger charge is -2.58. The van der Waals surface area contributed by atoms with Gasteiger partial charge in [0.05, 0.1) is 17.4 Å². The summed E-state index contributed by atoms with van der Waals surface area (Å²) in [6.45, 7) is 0.677. The molecule has 0 aliphatic heterocycles. The highest BCUT2D eigenvalue weighted by molar-refractivity contribution is 5.16. The summed E-state index contributed by atoms with van der Waals surface area (Å²) in [4.78, 5) is 11.5. The fourth-order valence-corrected chi connectivity index (χ4v) is 5.42. The van der Waals surface area contributed by atoms with E-state index in [1.54, 1.807) is 0 Å². The third-order valence-electron chi connectivity index (χ3n) is 5.83. The van der Waals surface area contributed by atoms with E-state index in [-0.39, 0.29) is 5.54 Å². The molecule has 106 valence electrons. The van der Waals surface area contributed by atoms with Gasteiger partial charge >= 0.3 is 0 Å². The first kappa shape index (κ1) is 12.4. The van der Waals surface area contributed by atoms with Gasteiger partial charge in [-0.25, -0.2) is 0 Å². The summed E-state index contributed by atoms with van der Waals surface area (Å²) in [5, 5.41) is 5.35. The summed E-state index contributed by atoms with van der Waals surface area (Å²) in [6.07, 6.45) is 7.78. The largest absolute Gasteiger partial charge is 0.250 e. The molecule has 0 spiro atoms. The van der Waals surface area contributed by atoms with Gasteiger partial charge in [0.15, 0.2) is 0 Å². The molecule has 3 heteroatoms. The molecule has 20 heavy (non-hydrogen) atoms. The van der Waals surface area contributed by atoms with Crippen molar-refractivity contribution >= 4 is 0 Å². The minimum atomic E-state index is 0.0757. The molecule has 1 aromatic rings. The molecular weight excluding hydrogens is 248 g/mol. The van der Waals surface area contributed by atoms with Crippen LogP contribution in [0.3, 0.4) is 0 Å². The van der Waals surface area contributed by atoms with Gasteiger partial charge in [-0.05, 0) is 61.8 Å². The van der Waals surface area contributed by atoms with E-state index in [1.807, 2.05) is 23.2 Å². The summed E-state index contributed by atoms with van der Waals surface area (Å²) in [5.74, 6) is 2.55. The van der Waals surface area contributed by atoms with E-state index in [2.05, 4.69) is 17.4 Å². The van der Waals surface area contributed by atoms with Crippen LogP contribution in [-0.2, 0) is 6.54 Å². The second kappa shape index (κ2) is 4.57. The fraction of sp³-hybridized carbons (Fsp3) is 0.647. The first-order chi connectivity index (χ1) is 9.77. The molecular formula is C17H22N2O. The van der Waals surface area contributed by atoms with Crippen LogP contribution in [0.5, 0.6) is 0 Å². The highest BCUT2D eigenvalue weighted by Crippen LogP contribution is 2.58. The van der Waals surface area contributed by atoms with Gasteiger partial charge in [-0.3, -0.25) is 5.01 Å². The monoisotopic (exact) mass is 270 g/mol. The van der Waals surface area contributed by atoms with Crippen LogP contribution in [0.1, 0.15) is 44.1 Å². The molecule has 0 N–H and O–H groups in total. The van der Waals surface area contributed by atoms with Crippen molar-refractivity contribution < 1.29 is 0 Å². The lowest BCUT2D eigenvalue weighted by atomic mass is 9.52. The summed E-state index contributed by atoms with van der Waals surface area (Å²) < 4.78 is 0. The van der Waals surface area contributed by atoms with Gasteiger partial charge in [0, 0.05) is 0 Å². The number of nitrogens with zero attached hydrogens (tertiary/aromatic N) is 2. The fourth-order valence-electron chi connectivity index (χ4n) is 5.42. The Hall–Kier alpha value is -1.38. The number of hydrogen-bond donors (Lipinski definition) is 0. The van der Waals surface area contributed by atoms with E-state index in [0.29, 0.717) is 6.54 Å². The molecule has 0 saturated heterocycles. The van der Waals surface area contributed by atoms with Crippen LogP contribution < -0.4 is 0 Å². The van der Waals surface area contributed by atoms with Crippen LogP contribution in [0.2, 0.25) is 0 Å². The minimum Gasteiger partial charge on any atom is -0.250 e. The molecule has 4 saturated carbocycles. The van der Waals surface area contributed by atoms with E-state index >= 15 is 0 Å². The number of nitroso groups, excluding NO2 is 1. The summed E-state index contributed by atoms with van der Waals surface area (Å²) in [6, 6.07) is 10.3. The average molecular weight is 270 g/mol. The van der Waals surface area contributed by atoms with Gasteiger partial charge < -0.3 is 0 Å². The molecule has 3 nitrogen and oxygen atoms in total. The Morgan fingerprint density at radius 3 is 2.05 bits per heavy atom. The van der Waals surface area contributed by atoms with E-state index in [9.17, 15) is 4.91 Å². The van der Waals surface area contributed by atoms with Crippen molar-refractivity contribution in [3.63, 3.8) is 0 Å². The van der Waals surface area contributed by atoms with Crippen molar-refractivity contribution in [2.45, 2.75) is 50.6 Å². The second-order valence-corrected chi connectivity index (χ2v) is 7.27. The Morgan fingerprint density at radius 1 is 1.00 bits per heavy atom. The number of hydrogen-bond acceptors (Lipinski definition) is 2. The maximum absolute atomic E-state index is 11.5. The molecule has 0 radical (unpaired) electrons. The highest BCUT2D eigenvalue weighted by atomic mass is 16.3. The molecule has 4 bridgehead atoms. The smallest absolute Gasteiger partial charge is 0.0649 e. The van der Waals surface area contributed by atoms with Crippen molar-refractivity contribution in [3.05, 3.63) is 40.8 Å². The Bertz CT molecular complexity index is 464. The Morgan fingerprint density at radius 2 is 1.55 bits per heavy atom. The Kier molecular flexibility index (Phi) is 2.83. The molecule has 0 heterocycles. The summed E-state index contributed by atoms with van der Waals surface area (Å²) in [5.41, 5.74) is 1.27. The Balaban J connectivity index is 1.59. The van der Waals surface area contributed by atoms with Crippen LogP contribution in [0.25, 0.3) is 0 Å². The van der Waals surface area contributed by atoms with Crippen molar-refractivity contribution in [1.29, 1.82) is 0 Å². The third kappa shape index (κ3) is 1.95. The van der Waals surface area contributed by atoms with Crippen molar-refractivity contribution in [2.24, 2.45) is 23.0 Å². The zero-order valence-corrected chi connectivity index (χ0v) is 11.9. The molecule has 0 aromatic heterocycles. The zero-order chi connectivity index (χ0) is 13.6. The van der Waals surface area contributed by atoms with Crippen molar-refractivity contribution in [3.8, 4) is 0 Å². The van der Waals surface area contributed by atoms with E-state index in [1.165, 1.54) is 44.1 Å². The van der Waals surface area contributed by atoms with Crippen LogP contribution >= 0.6 is 0 Å². The number of benzene rings is 1. The molecule has 4 fully saturated rings. The van der Waals surface area contributed by atoms with Gasteiger partial charge in [0.1, 0.15) is 0 Å². The molecule has 0 unspecified atom stereocenters. The first-order valence-electron chi connectivity index (χ1n) is 7.92. The van der Waals surface area contributed by atoms with Gasteiger partial charge in [-0.1, -0.05) is 30.3 Å². The van der Waals surface area contributed by atoms with Crippen LogP contribution in [0.15, 0.2) is 35.6 Å². The van der Waals surface area contributed by atoms with Gasteiger partial charge in [0.2, 0.25) is 0 Å². The Labute approximate surface area is 120 Å². The minimum absolute atomic E-state index is 0.0757. The van der Waals surface area contributed by atoms with Gasteiger partial charge in [-0.15, -0.1) is 4.91 Å². The van der Waals surface area contributed by atoms with E-state index < -0.39 is 0 Å². The van der Waals surface area contributed by atoms with Crippen LogP contribution in [0.4, 0.5) is 0 Å².